The van der Waals surface area contributed by atoms with E-state index in [1.807, 2.05) is 0 Å². The first-order valence-corrected chi connectivity index (χ1v) is 4.23. The Hall–Kier alpha value is -0.600. The molecule has 0 unspecified atom stereocenters. The van der Waals surface area contributed by atoms with Gasteiger partial charge in [0.25, 0.3) is 0 Å². The van der Waals surface area contributed by atoms with E-state index in [1.54, 1.807) is 0 Å². The van der Waals surface area contributed by atoms with E-state index >= 15 is 0 Å². The van der Waals surface area contributed by atoms with Crippen molar-refractivity contribution >= 4 is 0 Å². The second-order valence-electron chi connectivity index (χ2n) is 2.68. The highest BCUT2D eigenvalue weighted by molar-refractivity contribution is 5.18. The molecule has 0 radical (unpaired) electrons. The van der Waals surface area contributed by atoms with Gasteiger partial charge in [0.15, 0.2) is 0 Å². The highest BCUT2D eigenvalue weighted by atomic mass is 15.3. The number of hydrazine groups is 1. The van der Waals surface area contributed by atoms with Crippen LogP contribution in [-0.2, 0) is 0 Å². The molecular formula is C9H16N2. The molecule has 0 aliphatic heterocycles. The third-order valence-electron chi connectivity index (χ3n) is 1.72. The minimum Gasteiger partial charge on any atom is -0.258 e. The number of allylic oxidation sites excluding steroid dienone is 3. The minimum absolute atomic E-state index is 0.970. The predicted molar refractivity (Wildman–Crippen MR) is 48.1 cm³/mol. The molecule has 62 valence electrons. The fourth-order valence-electron chi connectivity index (χ4n) is 1.10. The Morgan fingerprint density at radius 3 is 3.00 bits per heavy atom. The van der Waals surface area contributed by atoms with Crippen molar-refractivity contribution in [2.24, 2.45) is 0 Å². The van der Waals surface area contributed by atoms with E-state index in [0.717, 1.165) is 13.1 Å². The second-order valence-corrected chi connectivity index (χ2v) is 2.68. The second kappa shape index (κ2) is 5.10. The topological polar surface area (TPSA) is 24.1 Å². The van der Waals surface area contributed by atoms with Crippen molar-refractivity contribution < 1.29 is 0 Å². The highest BCUT2D eigenvalue weighted by Crippen LogP contribution is 2.09. The summed E-state index contributed by atoms with van der Waals surface area (Å²) in [5.41, 5.74) is 7.71. The molecule has 2 N–H and O–H groups in total. The molecule has 11 heavy (non-hydrogen) atoms. The summed E-state index contributed by atoms with van der Waals surface area (Å²) in [7, 11) is 0. The molecule has 0 saturated heterocycles. The van der Waals surface area contributed by atoms with Gasteiger partial charge in [0.1, 0.15) is 0 Å². The van der Waals surface area contributed by atoms with Crippen molar-refractivity contribution in [3.63, 3.8) is 0 Å². The zero-order valence-corrected chi connectivity index (χ0v) is 7.06. The average molecular weight is 152 g/mol. The molecule has 0 atom stereocenters. The van der Waals surface area contributed by atoms with Gasteiger partial charge in [-0.2, -0.15) is 0 Å². The van der Waals surface area contributed by atoms with Crippen LogP contribution in [0.25, 0.3) is 0 Å². The molecule has 0 fully saturated rings. The van der Waals surface area contributed by atoms with Crippen molar-refractivity contribution in [3.8, 4) is 0 Å². The summed E-state index contributed by atoms with van der Waals surface area (Å²) in [6.07, 6.45) is 8.92. The Bertz CT molecular complexity index is 159. The molecule has 0 saturated carbocycles. The summed E-state index contributed by atoms with van der Waals surface area (Å²) in [6.45, 7) is 4.03. The first-order valence-electron chi connectivity index (χ1n) is 4.23. The lowest BCUT2D eigenvalue weighted by Crippen LogP contribution is -2.33. The molecule has 0 aromatic carbocycles. The van der Waals surface area contributed by atoms with Crippen LogP contribution in [0, 0.1) is 0 Å². The van der Waals surface area contributed by atoms with Gasteiger partial charge in [0, 0.05) is 13.1 Å². The summed E-state index contributed by atoms with van der Waals surface area (Å²) in [5, 5.41) is 0. The molecule has 0 amide bonds. The van der Waals surface area contributed by atoms with E-state index in [4.69, 9.17) is 0 Å². The van der Waals surface area contributed by atoms with Gasteiger partial charge in [-0.15, -0.1) is 0 Å². The summed E-state index contributed by atoms with van der Waals surface area (Å²) in [5.74, 6) is 0. The van der Waals surface area contributed by atoms with Crippen molar-refractivity contribution in [3.05, 3.63) is 23.8 Å². The zero-order valence-electron chi connectivity index (χ0n) is 7.06. The summed E-state index contributed by atoms with van der Waals surface area (Å²) >= 11 is 0. The lowest BCUT2D eigenvalue weighted by molar-refractivity contribution is 0.573. The molecule has 0 heterocycles. The standard InChI is InChI=1S/C9H16N2/c1-2-10-11-8-9-6-4-3-5-7-9/h3-4,6,10-11H,2,5,7-8H2,1H3. The van der Waals surface area contributed by atoms with Crippen LogP contribution in [0.3, 0.4) is 0 Å². The number of hydrogen-bond acceptors (Lipinski definition) is 2. The summed E-state index contributed by atoms with van der Waals surface area (Å²) in [4.78, 5) is 0. The van der Waals surface area contributed by atoms with Crippen molar-refractivity contribution in [2.45, 2.75) is 19.8 Å². The lowest BCUT2D eigenvalue weighted by atomic mass is 10.1. The smallest absolute Gasteiger partial charge is 0.0313 e. The summed E-state index contributed by atoms with van der Waals surface area (Å²) in [6, 6.07) is 0. The van der Waals surface area contributed by atoms with Gasteiger partial charge in [0.2, 0.25) is 0 Å². The van der Waals surface area contributed by atoms with E-state index in [9.17, 15) is 0 Å². The van der Waals surface area contributed by atoms with Gasteiger partial charge in [0.05, 0.1) is 0 Å². The van der Waals surface area contributed by atoms with Crippen molar-refractivity contribution in [1.82, 2.24) is 10.9 Å². The van der Waals surface area contributed by atoms with E-state index in [0.29, 0.717) is 0 Å². The Morgan fingerprint density at radius 2 is 2.36 bits per heavy atom. The molecule has 0 aromatic rings. The first kappa shape index (κ1) is 8.50. The maximum atomic E-state index is 3.15. The van der Waals surface area contributed by atoms with Gasteiger partial charge in [-0.3, -0.25) is 10.9 Å². The molecule has 2 heteroatoms. The molecule has 1 aliphatic rings. The van der Waals surface area contributed by atoms with E-state index in [-0.39, 0.29) is 0 Å². The molecule has 0 aromatic heterocycles. The Labute approximate surface area is 68.3 Å². The SMILES string of the molecule is CCNNCC1=CC=CCC1. The normalized spacial score (nSPS) is 16.6. The molecule has 2 nitrogen and oxygen atoms in total. The van der Waals surface area contributed by atoms with Crippen LogP contribution in [0.15, 0.2) is 23.8 Å². The Balaban J connectivity index is 2.15. The first-order chi connectivity index (χ1) is 5.43. The van der Waals surface area contributed by atoms with Crippen LogP contribution in [-0.4, -0.2) is 13.1 Å². The van der Waals surface area contributed by atoms with Crippen LogP contribution in [0.2, 0.25) is 0 Å². The lowest BCUT2D eigenvalue weighted by Gasteiger charge is -2.09. The number of rotatable bonds is 4. The average Bonchev–Trinajstić information content (AvgIpc) is 2.07. The molecule has 0 bridgehead atoms. The Kier molecular flexibility index (Phi) is 3.94. The predicted octanol–water partition coefficient (Wildman–Crippen LogP) is 1.38. The Morgan fingerprint density at radius 1 is 1.45 bits per heavy atom. The molecule has 1 rings (SSSR count). The van der Waals surface area contributed by atoms with Crippen molar-refractivity contribution in [2.75, 3.05) is 13.1 Å². The number of hydrogen-bond donors (Lipinski definition) is 2. The largest absolute Gasteiger partial charge is 0.258 e. The molecule has 1 aliphatic carbocycles. The van der Waals surface area contributed by atoms with E-state index in [2.05, 4.69) is 36.0 Å². The van der Waals surface area contributed by atoms with Gasteiger partial charge < -0.3 is 0 Å². The third kappa shape index (κ3) is 3.35. The fourth-order valence-corrected chi connectivity index (χ4v) is 1.10. The van der Waals surface area contributed by atoms with Crippen LogP contribution in [0.5, 0.6) is 0 Å². The zero-order chi connectivity index (χ0) is 7.94. The van der Waals surface area contributed by atoms with E-state index in [1.165, 1.54) is 18.4 Å². The van der Waals surface area contributed by atoms with Crippen LogP contribution >= 0.6 is 0 Å². The molecule has 0 spiro atoms. The highest BCUT2D eigenvalue weighted by Gasteiger charge is 1.97. The van der Waals surface area contributed by atoms with Crippen LogP contribution in [0.4, 0.5) is 0 Å². The molecular weight excluding hydrogens is 136 g/mol. The van der Waals surface area contributed by atoms with Gasteiger partial charge in [-0.25, -0.2) is 0 Å². The van der Waals surface area contributed by atoms with Gasteiger partial charge >= 0.3 is 0 Å². The monoisotopic (exact) mass is 152 g/mol. The van der Waals surface area contributed by atoms with Gasteiger partial charge in [-0.1, -0.05) is 30.7 Å². The van der Waals surface area contributed by atoms with Crippen molar-refractivity contribution in [1.29, 1.82) is 0 Å². The van der Waals surface area contributed by atoms with Crippen LogP contribution < -0.4 is 10.9 Å². The van der Waals surface area contributed by atoms with E-state index < -0.39 is 0 Å². The summed E-state index contributed by atoms with van der Waals surface area (Å²) < 4.78 is 0. The third-order valence-corrected chi connectivity index (χ3v) is 1.72. The maximum absolute atomic E-state index is 3.15. The number of nitrogens with one attached hydrogen (secondary N) is 2. The minimum atomic E-state index is 0.970. The quantitative estimate of drug-likeness (QED) is 0.469. The van der Waals surface area contributed by atoms with Crippen LogP contribution in [0.1, 0.15) is 19.8 Å². The maximum Gasteiger partial charge on any atom is 0.0313 e. The fraction of sp³-hybridized carbons (Fsp3) is 0.556. The van der Waals surface area contributed by atoms with Gasteiger partial charge in [-0.05, 0) is 12.8 Å².